The maximum Gasteiger partial charge on any atom is 0.254 e. The third-order valence-corrected chi connectivity index (χ3v) is 6.12. The van der Waals surface area contributed by atoms with E-state index in [-0.39, 0.29) is 30.6 Å². The van der Waals surface area contributed by atoms with E-state index in [1.165, 1.54) is 0 Å². The number of hydrogen-bond acceptors (Lipinski definition) is 6. The molecule has 2 N–H and O–H groups in total. The predicted molar refractivity (Wildman–Crippen MR) is 134 cm³/mol. The topological polar surface area (TPSA) is 101 Å². The van der Waals surface area contributed by atoms with Gasteiger partial charge in [0.05, 0.1) is 19.3 Å². The van der Waals surface area contributed by atoms with Gasteiger partial charge in [0.1, 0.15) is 12.3 Å². The number of aromatic amines is 1. The van der Waals surface area contributed by atoms with Crippen LogP contribution in [0.3, 0.4) is 0 Å². The number of amides is 2. The van der Waals surface area contributed by atoms with Gasteiger partial charge in [0.2, 0.25) is 5.91 Å². The van der Waals surface area contributed by atoms with E-state index in [2.05, 4.69) is 15.5 Å². The summed E-state index contributed by atoms with van der Waals surface area (Å²) in [5.41, 5.74) is 2.33. The minimum Gasteiger partial charge on any atom is -0.497 e. The fraction of sp³-hybridized carbons (Fsp3) is 0.360. The standard InChI is InChI=1S/C25H29N5O4S/c1-16-13-29(14-17(2)34-16)24(32)20-6-4-18(5-7-20)12-26-22(31)15-30-23(27-28-25(30)35)19-8-10-21(33-3)11-9-19/h4-11,16-17H,12-15H2,1-3H3,(H,26,31)(H,28,35). The Bertz CT molecular complexity index is 1230. The summed E-state index contributed by atoms with van der Waals surface area (Å²) >= 11 is 5.32. The van der Waals surface area contributed by atoms with Gasteiger partial charge in [-0.05, 0) is 68.0 Å². The van der Waals surface area contributed by atoms with E-state index in [1.807, 2.05) is 55.1 Å². The molecule has 0 bridgehead atoms. The molecule has 2 atom stereocenters. The van der Waals surface area contributed by atoms with Crippen LogP contribution >= 0.6 is 12.2 Å². The SMILES string of the molecule is COc1ccc(-c2n[nH]c(=S)n2CC(=O)NCc2ccc(C(=O)N3CC(C)OC(C)C3)cc2)cc1. The van der Waals surface area contributed by atoms with Gasteiger partial charge in [-0.25, -0.2) is 0 Å². The lowest BCUT2D eigenvalue weighted by Crippen LogP contribution is -2.48. The number of nitrogens with zero attached hydrogens (tertiary/aromatic N) is 3. The zero-order valence-electron chi connectivity index (χ0n) is 20.0. The lowest BCUT2D eigenvalue weighted by molar-refractivity contribution is -0.121. The molecular weight excluding hydrogens is 466 g/mol. The highest BCUT2D eigenvalue weighted by atomic mass is 32.1. The Morgan fingerprint density at radius 3 is 2.40 bits per heavy atom. The lowest BCUT2D eigenvalue weighted by Gasteiger charge is -2.35. The van der Waals surface area contributed by atoms with Gasteiger partial charge in [-0.1, -0.05) is 12.1 Å². The summed E-state index contributed by atoms with van der Waals surface area (Å²) in [6, 6.07) is 14.7. The molecule has 1 fully saturated rings. The fourth-order valence-corrected chi connectivity index (χ4v) is 4.31. The predicted octanol–water partition coefficient (Wildman–Crippen LogP) is 3.18. The molecule has 2 aromatic carbocycles. The summed E-state index contributed by atoms with van der Waals surface area (Å²) in [4.78, 5) is 27.3. The number of hydrogen-bond donors (Lipinski definition) is 2. The first-order valence-electron chi connectivity index (χ1n) is 11.4. The van der Waals surface area contributed by atoms with E-state index < -0.39 is 0 Å². The first-order chi connectivity index (χ1) is 16.8. The van der Waals surface area contributed by atoms with Gasteiger partial charge in [0.25, 0.3) is 5.91 Å². The van der Waals surface area contributed by atoms with E-state index >= 15 is 0 Å². The number of aromatic nitrogens is 3. The summed E-state index contributed by atoms with van der Waals surface area (Å²) in [6.45, 7) is 5.46. The van der Waals surface area contributed by atoms with Crippen molar-refractivity contribution in [3.63, 3.8) is 0 Å². The Labute approximate surface area is 209 Å². The molecule has 3 aromatic rings. The number of carbonyl (C=O) groups is 2. The van der Waals surface area contributed by atoms with E-state index in [4.69, 9.17) is 21.7 Å². The van der Waals surface area contributed by atoms with Crippen molar-refractivity contribution < 1.29 is 19.1 Å². The van der Waals surface area contributed by atoms with Gasteiger partial charge in [-0.2, -0.15) is 5.10 Å². The Balaban J connectivity index is 1.35. The smallest absolute Gasteiger partial charge is 0.254 e. The molecule has 2 heterocycles. The van der Waals surface area contributed by atoms with Crippen molar-refractivity contribution in [3.8, 4) is 17.1 Å². The Morgan fingerprint density at radius 2 is 1.77 bits per heavy atom. The molecule has 2 amide bonds. The van der Waals surface area contributed by atoms with Crippen molar-refractivity contribution >= 4 is 24.0 Å². The van der Waals surface area contributed by atoms with Crippen molar-refractivity contribution in [3.05, 3.63) is 64.4 Å². The van der Waals surface area contributed by atoms with Crippen LogP contribution in [-0.2, 0) is 22.6 Å². The second kappa shape index (κ2) is 10.8. The van der Waals surface area contributed by atoms with Crippen LogP contribution in [0.15, 0.2) is 48.5 Å². The van der Waals surface area contributed by atoms with Crippen LogP contribution in [0.1, 0.15) is 29.8 Å². The number of benzene rings is 2. The van der Waals surface area contributed by atoms with Crippen LogP contribution in [0.4, 0.5) is 0 Å². The monoisotopic (exact) mass is 495 g/mol. The minimum atomic E-state index is -0.200. The third kappa shape index (κ3) is 5.95. The first kappa shape index (κ1) is 24.6. The maximum atomic E-state index is 12.8. The van der Waals surface area contributed by atoms with Crippen molar-refractivity contribution in [2.75, 3.05) is 20.2 Å². The number of nitrogens with one attached hydrogen (secondary N) is 2. The van der Waals surface area contributed by atoms with Crippen molar-refractivity contribution in [1.29, 1.82) is 0 Å². The highest BCUT2D eigenvalue weighted by Gasteiger charge is 2.26. The molecule has 2 unspecified atom stereocenters. The number of rotatable bonds is 7. The first-order valence-corrected chi connectivity index (χ1v) is 11.8. The molecule has 1 aliphatic heterocycles. The molecule has 1 aromatic heterocycles. The minimum absolute atomic E-state index is 0.0111. The summed E-state index contributed by atoms with van der Waals surface area (Å²) < 4.78 is 12.9. The van der Waals surface area contributed by atoms with Crippen LogP contribution in [0.25, 0.3) is 11.4 Å². The molecule has 35 heavy (non-hydrogen) atoms. The van der Waals surface area contributed by atoms with Crippen LogP contribution in [0, 0.1) is 4.77 Å². The van der Waals surface area contributed by atoms with Crippen LogP contribution < -0.4 is 10.1 Å². The maximum absolute atomic E-state index is 12.8. The molecule has 1 saturated heterocycles. The van der Waals surface area contributed by atoms with Gasteiger partial charge in [0, 0.05) is 30.8 Å². The average Bonchev–Trinajstić information content (AvgIpc) is 3.21. The molecule has 9 nitrogen and oxygen atoms in total. The molecule has 0 aliphatic carbocycles. The Hall–Kier alpha value is -3.50. The molecule has 184 valence electrons. The van der Waals surface area contributed by atoms with Gasteiger partial charge in [-0.3, -0.25) is 19.3 Å². The molecule has 0 radical (unpaired) electrons. The molecular formula is C25H29N5O4S. The van der Waals surface area contributed by atoms with E-state index in [0.29, 0.717) is 35.8 Å². The molecule has 4 rings (SSSR count). The quantitative estimate of drug-likeness (QED) is 0.488. The van der Waals surface area contributed by atoms with Crippen molar-refractivity contribution in [2.24, 2.45) is 0 Å². The fourth-order valence-electron chi connectivity index (χ4n) is 4.12. The summed E-state index contributed by atoms with van der Waals surface area (Å²) in [7, 11) is 1.60. The summed E-state index contributed by atoms with van der Waals surface area (Å²) in [6.07, 6.45) is 0.0392. The van der Waals surface area contributed by atoms with Crippen LogP contribution in [-0.4, -0.2) is 63.9 Å². The summed E-state index contributed by atoms with van der Waals surface area (Å²) in [5, 5.41) is 9.93. The number of carbonyl (C=O) groups excluding carboxylic acids is 2. The number of methoxy groups -OCH3 is 1. The van der Waals surface area contributed by atoms with Crippen molar-refractivity contribution in [2.45, 2.75) is 39.1 Å². The number of H-pyrrole nitrogens is 1. The average molecular weight is 496 g/mol. The van der Waals surface area contributed by atoms with Gasteiger partial charge in [0.15, 0.2) is 10.6 Å². The van der Waals surface area contributed by atoms with Gasteiger partial charge < -0.3 is 19.7 Å². The molecule has 0 spiro atoms. The molecule has 1 aliphatic rings. The second-order valence-corrected chi connectivity index (χ2v) is 8.99. The third-order valence-electron chi connectivity index (χ3n) is 5.81. The number of morpholine rings is 1. The largest absolute Gasteiger partial charge is 0.497 e. The zero-order chi connectivity index (χ0) is 24.9. The van der Waals surface area contributed by atoms with Crippen molar-refractivity contribution in [1.82, 2.24) is 25.0 Å². The highest BCUT2D eigenvalue weighted by molar-refractivity contribution is 7.71. The van der Waals surface area contributed by atoms with Crippen LogP contribution in [0.5, 0.6) is 5.75 Å². The van der Waals surface area contributed by atoms with E-state index in [1.54, 1.807) is 23.8 Å². The van der Waals surface area contributed by atoms with Crippen LogP contribution in [0.2, 0.25) is 0 Å². The second-order valence-electron chi connectivity index (χ2n) is 8.61. The van der Waals surface area contributed by atoms with Gasteiger partial charge >= 0.3 is 0 Å². The molecule has 0 saturated carbocycles. The Morgan fingerprint density at radius 1 is 1.11 bits per heavy atom. The highest BCUT2D eigenvalue weighted by Crippen LogP contribution is 2.21. The van der Waals surface area contributed by atoms with E-state index in [9.17, 15) is 9.59 Å². The zero-order valence-corrected chi connectivity index (χ0v) is 20.8. The Kier molecular flexibility index (Phi) is 7.62. The molecule has 10 heteroatoms. The summed E-state index contributed by atoms with van der Waals surface area (Å²) in [5.74, 6) is 1.09. The number of ether oxygens (including phenoxy) is 2. The normalized spacial score (nSPS) is 17.7. The van der Waals surface area contributed by atoms with Gasteiger partial charge in [-0.15, -0.1) is 0 Å². The van der Waals surface area contributed by atoms with E-state index in [0.717, 1.165) is 16.9 Å². The lowest BCUT2D eigenvalue weighted by atomic mass is 10.1.